The molecular weight excluding hydrogens is 318 g/mol. The summed E-state index contributed by atoms with van der Waals surface area (Å²) in [6, 6.07) is -0.369. The number of nitrogens with one attached hydrogen (secondary N) is 2. The Morgan fingerprint density at radius 2 is 2.00 bits per heavy atom. The summed E-state index contributed by atoms with van der Waals surface area (Å²) < 4.78 is 7.22. The lowest BCUT2D eigenvalue weighted by atomic mass is 10.1. The maximum Gasteiger partial charge on any atom is 0.315 e. The number of hydrogen-bond acceptors (Lipinski definition) is 4. The van der Waals surface area contributed by atoms with E-state index in [1.165, 1.54) is 0 Å². The smallest absolute Gasteiger partial charge is 0.315 e. The lowest BCUT2D eigenvalue weighted by Gasteiger charge is -2.16. The molecule has 0 fully saturated rings. The summed E-state index contributed by atoms with van der Waals surface area (Å²) in [5.41, 5.74) is 5.72. The maximum atomic E-state index is 12.3. The van der Waals surface area contributed by atoms with Crippen LogP contribution in [0, 0.1) is 27.7 Å². The van der Waals surface area contributed by atoms with Crippen molar-refractivity contribution in [1.82, 2.24) is 25.4 Å². The van der Waals surface area contributed by atoms with Crippen LogP contribution in [-0.2, 0) is 13.6 Å². The molecule has 2 aromatic rings. The molecule has 2 N–H and O–H groups in total. The summed E-state index contributed by atoms with van der Waals surface area (Å²) in [5, 5.41) is 10.2. The van der Waals surface area contributed by atoms with Crippen molar-refractivity contribution in [3.05, 3.63) is 40.0 Å². The quantitative estimate of drug-likeness (QED) is 0.873. The zero-order valence-electron chi connectivity index (χ0n) is 16.0. The molecule has 2 heterocycles. The number of nitrogens with zero attached hydrogens (tertiary/aromatic N) is 3. The van der Waals surface area contributed by atoms with Gasteiger partial charge in [-0.25, -0.2) is 4.79 Å². The highest BCUT2D eigenvalue weighted by molar-refractivity contribution is 5.74. The summed E-state index contributed by atoms with van der Waals surface area (Å²) in [6.45, 7) is 10.1. The van der Waals surface area contributed by atoms with E-state index < -0.39 is 0 Å². The van der Waals surface area contributed by atoms with Crippen LogP contribution < -0.4 is 15.4 Å². The number of ether oxygens (including phenoxy) is 1. The van der Waals surface area contributed by atoms with Crippen LogP contribution in [0.5, 0.6) is 5.75 Å². The molecule has 0 unspecified atom stereocenters. The molecule has 0 saturated heterocycles. The van der Waals surface area contributed by atoms with Gasteiger partial charge in [-0.3, -0.25) is 9.67 Å². The molecule has 1 atom stereocenters. The Labute approximate surface area is 148 Å². The van der Waals surface area contributed by atoms with Gasteiger partial charge in [0.15, 0.2) is 0 Å². The van der Waals surface area contributed by atoms with Gasteiger partial charge in [0, 0.05) is 35.6 Å². The second-order valence-corrected chi connectivity index (χ2v) is 6.30. The Morgan fingerprint density at radius 3 is 2.56 bits per heavy atom. The molecule has 2 aromatic heterocycles. The Kier molecular flexibility index (Phi) is 5.66. The summed E-state index contributed by atoms with van der Waals surface area (Å²) >= 11 is 0. The van der Waals surface area contributed by atoms with Gasteiger partial charge in [0.2, 0.25) is 0 Å². The number of pyridine rings is 1. The van der Waals surface area contributed by atoms with Crippen LogP contribution in [-0.4, -0.2) is 27.9 Å². The molecule has 0 aliphatic carbocycles. The van der Waals surface area contributed by atoms with Gasteiger partial charge in [-0.15, -0.1) is 0 Å². The predicted octanol–water partition coefficient (Wildman–Crippen LogP) is 2.62. The zero-order valence-corrected chi connectivity index (χ0v) is 16.0. The average molecular weight is 345 g/mol. The molecule has 0 bridgehead atoms. The third-order valence-electron chi connectivity index (χ3n) is 4.51. The highest BCUT2D eigenvalue weighted by atomic mass is 16.5. The van der Waals surface area contributed by atoms with E-state index in [2.05, 4.69) is 20.7 Å². The van der Waals surface area contributed by atoms with Gasteiger partial charge in [-0.2, -0.15) is 5.10 Å². The van der Waals surface area contributed by atoms with Gasteiger partial charge in [-0.1, -0.05) is 0 Å². The molecular formula is C18H27N5O2. The summed E-state index contributed by atoms with van der Waals surface area (Å²) in [6.07, 6.45) is 1.76. The van der Waals surface area contributed by atoms with Crippen LogP contribution in [0.25, 0.3) is 0 Å². The van der Waals surface area contributed by atoms with Gasteiger partial charge >= 0.3 is 6.03 Å². The molecule has 2 amide bonds. The average Bonchev–Trinajstić information content (AvgIpc) is 2.79. The lowest BCUT2D eigenvalue weighted by Crippen LogP contribution is -2.37. The molecule has 0 aliphatic heterocycles. The molecule has 2 rings (SSSR count). The topological polar surface area (TPSA) is 81.1 Å². The minimum absolute atomic E-state index is 0.129. The summed E-state index contributed by atoms with van der Waals surface area (Å²) in [5.74, 6) is 0.808. The minimum atomic E-state index is -0.240. The molecule has 7 nitrogen and oxygen atoms in total. The molecule has 25 heavy (non-hydrogen) atoms. The van der Waals surface area contributed by atoms with Gasteiger partial charge in [-0.05, 0) is 34.6 Å². The van der Waals surface area contributed by atoms with Crippen molar-refractivity contribution < 1.29 is 9.53 Å². The van der Waals surface area contributed by atoms with Crippen molar-refractivity contribution in [3.8, 4) is 5.75 Å². The first-order valence-corrected chi connectivity index (χ1v) is 8.29. The van der Waals surface area contributed by atoms with Crippen LogP contribution in [0.2, 0.25) is 0 Å². The first kappa shape index (κ1) is 18.8. The Hall–Kier alpha value is -2.57. The Morgan fingerprint density at radius 1 is 1.32 bits per heavy atom. The van der Waals surface area contributed by atoms with Crippen molar-refractivity contribution in [2.45, 2.75) is 47.2 Å². The van der Waals surface area contributed by atoms with E-state index in [1.54, 1.807) is 13.3 Å². The van der Waals surface area contributed by atoms with Crippen LogP contribution in [0.1, 0.15) is 46.7 Å². The van der Waals surface area contributed by atoms with Crippen molar-refractivity contribution in [3.63, 3.8) is 0 Å². The molecule has 0 radical (unpaired) electrons. The van der Waals surface area contributed by atoms with E-state index in [0.717, 1.165) is 39.5 Å². The molecule has 7 heteroatoms. The molecule has 0 spiro atoms. The van der Waals surface area contributed by atoms with E-state index in [0.29, 0.717) is 6.54 Å². The highest BCUT2D eigenvalue weighted by Gasteiger charge is 2.18. The van der Waals surface area contributed by atoms with Crippen molar-refractivity contribution in [2.75, 3.05) is 7.11 Å². The van der Waals surface area contributed by atoms with E-state index >= 15 is 0 Å². The number of carbonyl (C=O) groups is 1. The number of aromatic nitrogens is 3. The van der Waals surface area contributed by atoms with E-state index in [9.17, 15) is 4.79 Å². The summed E-state index contributed by atoms with van der Waals surface area (Å²) in [7, 11) is 3.54. The number of methoxy groups -OCH3 is 1. The van der Waals surface area contributed by atoms with Crippen LogP contribution in [0.15, 0.2) is 6.20 Å². The van der Waals surface area contributed by atoms with E-state index in [4.69, 9.17) is 4.74 Å². The predicted molar refractivity (Wildman–Crippen MR) is 96.7 cm³/mol. The second kappa shape index (κ2) is 7.55. The third kappa shape index (κ3) is 3.92. The largest absolute Gasteiger partial charge is 0.496 e. The molecule has 136 valence electrons. The molecule has 0 saturated carbocycles. The van der Waals surface area contributed by atoms with Gasteiger partial charge < -0.3 is 15.4 Å². The second-order valence-electron chi connectivity index (χ2n) is 6.30. The van der Waals surface area contributed by atoms with E-state index in [1.807, 2.05) is 46.3 Å². The first-order valence-electron chi connectivity index (χ1n) is 8.29. The fourth-order valence-electron chi connectivity index (χ4n) is 3.15. The highest BCUT2D eigenvalue weighted by Crippen LogP contribution is 2.24. The van der Waals surface area contributed by atoms with Crippen molar-refractivity contribution >= 4 is 6.03 Å². The van der Waals surface area contributed by atoms with Crippen molar-refractivity contribution in [2.24, 2.45) is 7.05 Å². The van der Waals surface area contributed by atoms with Crippen LogP contribution in [0.4, 0.5) is 4.79 Å². The number of hydrogen-bond donors (Lipinski definition) is 2. The van der Waals surface area contributed by atoms with Crippen LogP contribution in [0.3, 0.4) is 0 Å². The maximum absolute atomic E-state index is 12.3. The summed E-state index contributed by atoms with van der Waals surface area (Å²) in [4.78, 5) is 16.6. The van der Waals surface area contributed by atoms with E-state index in [-0.39, 0.29) is 12.1 Å². The Bertz CT molecular complexity index is 782. The fraction of sp³-hybridized carbons (Fsp3) is 0.500. The monoisotopic (exact) mass is 345 g/mol. The molecule has 0 aromatic carbocycles. The van der Waals surface area contributed by atoms with Gasteiger partial charge in [0.1, 0.15) is 5.75 Å². The fourth-order valence-corrected chi connectivity index (χ4v) is 3.15. The lowest BCUT2D eigenvalue weighted by molar-refractivity contribution is 0.237. The number of carbonyl (C=O) groups excluding carboxylic acids is 1. The zero-order chi connectivity index (χ0) is 18.7. The number of amides is 2. The standard InChI is InChI=1S/C18H27N5O2/c1-10-8-19-15(11(2)17(10)25-7)9-20-18(24)21-12(3)16-13(4)22-23(6)14(16)5/h8,12H,9H2,1-7H3,(H2,20,21,24)/t12-/m0/s1. The van der Waals surface area contributed by atoms with Crippen molar-refractivity contribution in [1.29, 1.82) is 0 Å². The first-order chi connectivity index (χ1) is 11.8. The molecule has 0 aliphatic rings. The SMILES string of the molecule is COc1c(C)cnc(CNC(=O)N[C@@H](C)c2c(C)nn(C)c2C)c1C. The normalized spacial score (nSPS) is 12.0. The Balaban J connectivity index is 2.02. The number of aryl methyl sites for hydroxylation is 3. The van der Waals surface area contributed by atoms with Gasteiger partial charge in [0.05, 0.1) is 31.1 Å². The minimum Gasteiger partial charge on any atom is -0.496 e. The number of rotatable bonds is 5. The number of urea groups is 1. The third-order valence-corrected chi connectivity index (χ3v) is 4.51. The van der Waals surface area contributed by atoms with Crippen LogP contribution >= 0.6 is 0 Å². The van der Waals surface area contributed by atoms with Gasteiger partial charge in [0.25, 0.3) is 0 Å².